The summed E-state index contributed by atoms with van der Waals surface area (Å²) in [5.74, 6) is 1.19. The van der Waals surface area contributed by atoms with E-state index in [1.807, 2.05) is 24.3 Å². The van der Waals surface area contributed by atoms with Gasteiger partial charge < -0.3 is 20.9 Å². The van der Waals surface area contributed by atoms with Crippen molar-refractivity contribution in [3.8, 4) is 0 Å². The average Bonchev–Trinajstić information content (AvgIpc) is 3.35. The van der Waals surface area contributed by atoms with Gasteiger partial charge in [-0.25, -0.2) is 4.98 Å². The number of amides is 1. The average molecular weight is 575 g/mol. The Balaban J connectivity index is 1.57. The third-order valence-electron chi connectivity index (χ3n) is 8.16. The van der Waals surface area contributed by atoms with Gasteiger partial charge in [-0.2, -0.15) is 0 Å². The maximum atomic E-state index is 13.4. The van der Waals surface area contributed by atoms with Crippen molar-refractivity contribution in [2.75, 3.05) is 32.5 Å². The standard InChI is InChI=1S/C33H46N6OS/c1-9-28-27(22(5)34)17-25(18-35-28)36-32(40)23(6)39-19-21(4)10-12-30(39)24-11-13-31-29(16-24)37-33(41-31)26(20(2)3)14-15-38(7)8/h11,13,16-18,20-21,26,30H,5-6,9-10,12,14-15,19,34H2,1-4,7-8H3,(H,36,40)/t21?,26?,30-/m1/s1. The molecule has 0 radical (unpaired) electrons. The minimum atomic E-state index is -0.235. The van der Waals surface area contributed by atoms with Crippen molar-refractivity contribution in [1.29, 1.82) is 0 Å². The lowest BCUT2D eigenvalue weighted by molar-refractivity contribution is -0.115. The van der Waals surface area contributed by atoms with E-state index in [2.05, 4.69) is 86.3 Å². The summed E-state index contributed by atoms with van der Waals surface area (Å²) in [5, 5.41) is 4.21. The van der Waals surface area contributed by atoms with E-state index in [1.54, 1.807) is 6.20 Å². The summed E-state index contributed by atoms with van der Waals surface area (Å²) in [5.41, 5.74) is 11.3. The van der Waals surface area contributed by atoms with Crippen LogP contribution in [0.15, 0.2) is 49.3 Å². The van der Waals surface area contributed by atoms with E-state index in [0.29, 0.717) is 34.8 Å². The highest BCUT2D eigenvalue weighted by molar-refractivity contribution is 7.18. The van der Waals surface area contributed by atoms with Crippen LogP contribution in [0, 0.1) is 11.8 Å². The molecule has 2 aromatic heterocycles. The second-order valence-electron chi connectivity index (χ2n) is 12.1. The number of aromatic nitrogens is 2. The van der Waals surface area contributed by atoms with E-state index in [1.165, 1.54) is 15.3 Å². The van der Waals surface area contributed by atoms with Gasteiger partial charge in [-0.1, -0.05) is 46.9 Å². The van der Waals surface area contributed by atoms with Crippen molar-refractivity contribution in [2.45, 2.75) is 65.3 Å². The number of carbonyl (C=O) groups excluding carboxylic acids is 1. The van der Waals surface area contributed by atoms with Crippen LogP contribution in [0.5, 0.6) is 0 Å². The summed E-state index contributed by atoms with van der Waals surface area (Å²) in [6, 6.07) is 8.54. The quantitative estimate of drug-likeness (QED) is 0.245. The van der Waals surface area contributed by atoms with Gasteiger partial charge >= 0.3 is 0 Å². The minimum absolute atomic E-state index is 0.0635. The zero-order valence-electron chi connectivity index (χ0n) is 25.5. The molecule has 1 aromatic carbocycles. The van der Waals surface area contributed by atoms with Crippen LogP contribution in [-0.4, -0.2) is 52.9 Å². The third-order valence-corrected chi connectivity index (χ3v) is 9.33. The van der Waals surface area contributed by atoms with Gasteiger partial charge in [0.1, 0.15) is 0 Å². The number of fused-ring (bicyclic) bond motifs is 1. The van der Waals surface area contributed by atoms with Crippen molar-refractivity contribution < 1.29 is 4.79 Å². The Labute approximate surface area is 249 Å². The zero-order chi connectivity index (χ0) is 29.8. The molecule has 3 aromatic rings. The molecule has 1 aliphatic heterocycles. The number of hydrogen-bond donors (Lipinski definition) is 2. The highest BCUT2D eigenvalue weighted by Gasteiger charge is 2.31. The molecule has 2 unspecified atom stereocenters. The van der Waals surface area contributed by atoms with Crippen LogP contribution in [-0.2, 0) is 11.2 Å². The number of nitrogens with zero attached hydrogens (tertiary/aromatic N) is 4. The molecule has 4 rings (SSSR count). The maximum absolute atomic E-state index is 13.4. The fourth-order valence-electron chi connectivity index (χ4n) is 5.72. The first-order valence-electron chi connectivity index (χ1n) is 14.7. The monoisotopic (exact) mass is 574 g/mol. The highest BCUT2D eigenvalue weighted by atomic mass is 32.1. The summed E-state index contributed by atoms with van der Waals surface area (Å²) >= 11 is 1.81. The number of carbonyl (C=O) groups is 1. The lowest BCUT2D eigenvalue weighted by atomic mass is 9.89. The summed E-state index contributed by atoms with van der Waals surface area (Å²) in [6.45, 7) is 18.8. The van der Waals surface area contributed by atoms with Crippen LogP contribution in [0.25, 0.3) is 15.9 Å². The van der Waals surface area contributed by atoms with Gasteiger partial charge in [-0.3, -0.25) is 9.78 Å². The SMILES string of the molecule is C=C(N)c1cc(NC(=O)C(=C)N2CC(C)CC[C@@H]2c2ccc3sc(C(CCN(C)C)C(C)C)nc3c2)cnc1CC. The molecular formula is C33H46N6OS. The van der Waals surface area contributed by atoms with Gasteiger partial charge in [0.05, 0.1) is 38.8 Å². The summed E-state index contributed by atoms with van der Waals surface area (Å²) in [6.07, 6.45) is 5.55. The van der Waals surface area contributed by atoms with E-state index in [9.17, 15) is 4.79 Å². The Hall–Kier alpha value is -3.23. The smallest absolute Gasteiger partial charge is 0.271 e. The maximum Gasteiger partial charge on any atom is 0.271 e. The van der Waals surface area contributed by atoms with E-state index in [4.69, 9.17) is 10.7 Å². The Bertz CT molecular complexity index is 1410. The molecule has 0 spiro atoms. The van der Waals surface area contributed by atoms with Gasteiger partial charge in [0.2, 0.25) is 0 Å². The van der Waals surface area contributed by atoms with Gasteiger partial charge in [-0.15, -0.1) is 11.3 Å². The highest BCUT2D eigenvalue weighted by Crippen LogP contribution is 2.39. The van der Waals surface area contributed by atoms with Gasteiger partial charge in [0.25, 0.3) is 5.91 Å². The first-order chi connectivity index (χ1) is 19.5. The number of aryl methyl sites for hydroxylation is 1. The molecule has 1 amide bonds. The van der Waals surface area contributed by atoms with Crippen molar-refractivity contribution in [3.63, 3.8) is 0 Å². The van der Waals surface area contributed by atoms with Crippen molar-refractivity contribution in [3.05, 3.63) is 71.1 Å². The Morgan fingerprint density at radius 3 is 2.66 bits per heavy atom. The second-order valence-corrected chi connectivity index (χ2v) is 13.1. The number of hydrogen-bond acceptors (Lipinski definition) is 7. The number of piperidine rings is 1. The molecule has 3 atom stereocenters. The Morgan fingerprint density at radius 1 is 1.24 bits per heavy atom. The lowest BCUT2D eigenvalue weighted by Crippen LogP contribution is -2.40. The van der Waals surface area contributed by atoms with E-state index >= 15 is 0 Å². The van der Waals surface area contributed by atoms with Crippen LogP contribution in [0.2, 0.25) is 0 Å². The zero-order valence-corrected chi connectivity index (χ0v) is 26.4. The predicted molar refractivity (Wildman–Crippen MR) is 173 cm³/mol. The molecule has 1 saturated heterocycles. The third kappa shape index (κ3) is 7.16. The number of rotatable bonds is 11. The molecule has 3 N–H and O–H groups in total. The van der Waals surface area contributed by atoms with Crippen molar-refractivity contribution in [1.82, 2.24) is 19.8 Å². The normalized spacial score (nSPS) is 18.2. The number of anilines is 1. The molecule has 1 fully saturated rings. The second kappa shape index (κ2) is 13.2. The predicted octanol–water partition coefficient (Wildman–Crippen LogP) is 6.80. The fourth-order valence-corrected chi connectivity index (χ4v) is 6.98. The molecule has 0 saturated carbocycles. The molecule has 220 valence electrons. The molecule has 8 heteroatoms. The first kappa shape index (κ1) is 30.7. The van der Waals surface area contributed by atoms with E-state index < -0.39 is 0 Å². The van der Waals surface area contributed by atoms with Crippen LogP contribution in [0.4, 0.5) is 5.69 Å². The Kier molecular flexibility index (Phi) is 9.87. The number of likely N-dealkylation sites (tertiary alicyclic amines) is 1. The number of nitrogens with two attached hydrogens (primary N) is 1. The van der Waals surface area contributed by atoms with Crippen molar-refractivity contribution in [2.24, 2.45) is 17.6 Å². The van der Waals surface area contributed by atoms with Crippen molar-refractivity contribution >= 4 is 38.8 Å². The van der Waals surface area contributed by atoms with Gasteiger partial charge in [-0.05, 0) is 81.9 Å². The summed E-state index contributed by atoms with van der Waals surface area (Å²) in [4.78, 5) is 27.5. The summed E-state index contributed by atoms with van der Waals surface area (Å²) < 4.78 is 1.21. The summed E-state index contributed by atoms with van der Waals surface area (Å²) in [7, 11) is 4.25. The topological polar surface area (TPSA) is 87.4 Å². The van der Waals surface area contributed by atoms with Crippen LogP contribution < -0.4 is 11.1 Å². The molecule has 1 aliphatic rings. The van der Waals surface area contributed by atoms with Crippen LogP contribution in [0.3, 0.4) is 0 Å². The molecule has 3 heterocycles. The molecule has 41 heavy (non-hydrogen) atoms. The largest absolute Gasteiger partial charge is 0.399 e. The van der Waals surface area contributed by atoms with Gasteiger partial charge in [0, 0.05) is 29.4 Å². The fraction of sp³-hybridized carbons (Fsp3) is 0.485. The Morgan fingerprint density at radius 2 is 2.00 bits per heavy atom. The molecule has 7 nitrogen and oxygen atoms in total. The van der Waals surface area contributed by atoms with Gasteiger partial charge in [0.15, 0.2) is 0 Å². The molecular weight excluding hydrogens is 528 g/mol. The number of pyridine rings is 1. The minimum Gasteiger partial charge on any atom is -0.399 e. The molecule has 0 bridgehead atoms. The van der Waals surface area contributed by atoms with E-state index in [-0.39, 0.29) is 11.9 Å². The number of nitrogens with one attached hydrogen (secondary N) is 1. The van der Waals surface area contributed by atoms with E-state index in [0.717, 1.165) is 55.5 Å². The first-order valence-corrected chi connectivity index (χ1v) is 15.6. The number of benzene rings is 1. The van der Waals surface area contributed by atoms with Crippen LogP contribution in [0.1, 0.15) is 80.7 Å². The molecule has 0 aliphatic carbocycles. The van der Waals surface area contributed by atoms with Crippen LogP contribution >= 0.6 is 11.3 Å². The number of thiazole rings is 1. The lowest BCUT2D eigenvalue weighted by Gasteiger charge is -2.41.